The van der Waals surface area contributed by atoms with E-state index in [0.29, 0.717) is 5.56 Å². The van der Waals surface area contributed by atoms with Gasteiger partial charge in [0, 0.05) is 18.6 Å². The van der Waals surface area contributed by atoms with Crippen molar-refractivity contribution in [3.63, 3.8) is 0 Å². The number of hydrogen-bond acceptors (Lipinski definition) is 6. The van der Waals surface area contributed by atoms with E-state index in [9.17, 15) is 23.3 Å². The summed E-state index contributed by atoms with van der Waals surface area (Å²) in [5, 5.41) is 21.3. The molecule has 1 rings (SSSR count). The molecule has 8 nitrogen and oxygen atoms in total. The van der Waals surface area contributed by atoms with Crippen LogP contribution in [-0.4, -0.2) is 30.8 Å². The summed E-state index contributed by atoms with van der Waals surface area (Å²) in [7, 11) is -3.67. The second-order valence-electron chi connectivity index (χ2n) is 4.30. The lowest BCUT2D eigenvalue weighted by molar-refractivity contribution is -0.384. The molecule has 1 aromatic rings. The van der Waals surface area contributed by atoms with Gasteiger partial charge in [-0.2, -0.15) is 5.26 Å². The quantitative estimate of drug-likeness (QED) is 0.620. The van der Waals surface area contributed by atoms with Crippen molar-refractivity contribution in [3.05, 3.63) is 33.9 Å². The number of nitro benzene ring substituents is 1. The van der Waals surface area contributed by atoms with E-state index in [1.807, 2.05) is 0 Å². The largest absolute Gasteiger partial charge is 0.325 e. The standard InChI is InChI=1S/C12H13N3O5S/c1-9-3-4-10(15(17)18)7-11(9)14-12(16)8-21(19,20)6-2-5-13/h3-4,7H,2,6,8H2,1H3,(H,14,16). The van der Waals surface area contributed by atoms with Crippen LogP contribution in [0.2, 0.25) is 0 Å². The SMILES string of the molecule is Cc1ccc([N+](=O)[O-])cc1NC(=O)CS(=O)(=O)CCC#N. The van der Waals surface area contributed by atoms with Gasteiger partial charge in [-0.1, -0.05) is 6.07 Å². The van der Waals surface area contributed by atoms with Gasteiger partial charge >= 0.3 is 0 Å². The van der Waals surface area contributed by atoms with Gasteiger partial charge in [0.15, 0.2) is 9.84 Å². The number of nitrogens with zero attached hydrogens (tertiary/aromatic N) is 2. The molecule has 0 saturated carbocycles. The number of sulfone groups is 1. The average molecular weight is 311 g/mol. The minimum atomic E-state index is -3.67. The summed E-state index contributed by atoms with van der Waals surface area (Å²) in [4.78, 5) is 21.7. The van der Waals surface area contributed by atoms with Crippen molar-refractivity contribution in [2.24, 2.45) is 0 Å². The molecular weight excluding hydrogens is 298 g/mol. The fourth-order valence-electron chi connectivity index (χ4n) is 1.52. The van der Waals surface area contributed by atoms with Crippen molar-refractivity contribution >= 4 is 27.1 Å². The van der Waals surface area contributed by atoms with Crippen LogP contribution in [-0.2, 0) is 14.6 Å². The van der Waals surface area contributed by atoms with Crippen molar-refractivity contribution < 1.29 is 18.1 Å². The lowest BCUT2D eigenvalue weighted by Gasteiger charge is -2.08. The highest BCUT2D eigenvalue weighted by atomic mass is 32.2. The van der Waals surface area contributed by atoms with Crippen LogP contribution in [0.5, 0.6) is 0 Å². The Morgan fingerprint density at radius 2 is 2.14 bits per heavy atom. The normalized spacial score (nSPS) is 10.7. The Morgan fingerprint density at radius 3 is 2.71 bits per heavy atom. The van der Waals surface area contributed by atoms with E-state index in [1.54, 1.807) is 13.0 Å². The van der Waals surface area contributed by atoms with Crippen molar-refractivity contribution in [1.82, 2.24) is 0 Å². The van der Waals surface area contributed by atoms with Crippen LogP contribution >= 0.6 is 0 Å². The number of nitrogens with one attached hydrogen (secondary N) is 1. The number of non-ortho nitro benzene ring substituents is 1. The lowest BCUT2D eigenvalue weighted by atomic mass is 10.2. The summed E-state index contributed by atoms with van der Waals surface area (Å²) in [5.74, 6) is -1.96. The Bertz CT molecular complexity index is 706. The summed E-state index contributed by atoms with van der Waals surface area (Å²) in [6.45, 7) is 1.63. The molecule has 1 N–H and O–H groups in total. The molecule has 0 aliphatic heterocycles. The molecule has 9 heteroatoms. The molecule has 0 bridgehead atoms. The summed E-state index contributed by atoms with van der Waals surface area (Å²) < 4.78 is 23.1. The molecular formula is C12H13N3O5S. The Kier molecular flexibility index (Phi) is 5.37. The van der Waals surface area contributed by atoms with E-state index in [4.69, 9.17) is 5.26 Å². The van der Waals surface area contributed by atoms with Gasteiger partial charge < -0.3 is 5.32 Å². The predicted octanol–water partition coefficient (Wildman–Crippen LogP) is 1.17. The lowest BCUT2D eigenvalue weighted by Crippen LogP contribution is -2.25. The van der Waals surface area contributed by atoms with Gasteiger partial charge in [-0.3, -0.25) is 14.9 Å². The van der Waals surface area contributed by atoms with E-state index >= 15 is 0 Å². The molecule has 112 valence electrons. The summed E-state index contributed by atoms with van der Waals surface area (Å²) >= 11 is 0. The van der Waals surface area contributed by atoms with Crippen LogP contribution in [0.15, 0.2) is 18.2 Å². The van der Waals surface area contributed by atoms with Crippen LogP contribution in [0.4, 0.5) is 11.4 Å². The number of hydrogen-bond donors (Lipinski definition) is 1. The molecule has 0 fully saturated rings. The molecule has 0 atom stereocenters. The average Bonchev–Trinajstić information content (AvgIpc) is 2.38. The van der Waals surface area contributed by atoms with E-state index in [-0.39, 0.29) is 17.8 Å². The fourth-order valence-corrected chi connectivity index (χ4v) is 2.54. The molecule has 0 heterocycles. The Labute approximate surface area is 121 Å². The summed E-state index contributed by atoms with van der Waals surface area (Å²) in [5.41, 5.74) is 0.552. The molecule has 0 aromatic heterocycles. The molecule has 21 heavy (non-hydrogen) atoms. The number of rotatable bonds is 6. The van der Waals surface area contributed by atoms with Gasteiger partial charge in [0.25, 0.3) is 5.69 Å². The topological polar surface area (TPSA) is 130 Å². The number of amides is 1. The fraction of sp³-hybridized carbons (Fsp3) is 0.333. The molecule has 0 spiro atoms. The van der Waals surface area contributed by atoms with Crippen LogP contribution in [0.3, 0.4) is 0 Å². The number of anilines is 1. The van der Waals surface area contributed by atoms with E-state index < -0.39 is 32.2 Å². The number of nitro groups is 1. The molecule has 0 unspecified atom stereocenters. The van der Waals surface area contributed by atoms with Crippen molar-refractivity contribution in [2.45, 2.75) is 13.3 Å². The zero-order valence-electron chi connectivity index (χ0n) is 11.2. The van der Waals surface area contributed by atoms with Crippen LogP contribution in [0.1, 0.15) is 12.0 Å². The predicted molar refractivity (Wildman–Crippen MR) is 75.3 cm³/mol. The summed E-state index contributed by atoms with van der Waals surface area (Å²) in [6.07, 6.45) is -0.189. The van der Waals surface area contributed by atoms with Crippen molar-refractivity contribution in [3.8, 4) is 6.07 Å². The monoisotopic (exact) mass is 311 g/mol. The molecule has 0 saturated heterocycles. The number of carbonyl (C=O) groups is 1. The highest BCUT2D eigenvalue weighted by Crippen LogP contribution is 2.21. The van der Waals surface area contributed by atoms with Crippen LogP contribution in [0, 0.1) is 28.4 Å². The van der Waals surface area contributed by atoms with Gasteiger partial charge in [0.2, 0.25) is 5.91 Å². The second kappa shape index (κ2) is 6.81. The number of carbonyl (C=O) groups excluding carboxylic acids is 1. The first kappa shape index (κ1) is 16.6. The van der Waals surface area contributed by atoms with Gasteiger partial charge in [-0.15, -0.1) is 0 Å². The molecule has 1 aromatic carbocycles. The highest BCUT2D eigenvalue weighted by molar-refractivity contribution is 7.92. The molecule has 0 aliphatic rings. The Balaban J connectivity index is 2.82. The van der Waals surface area contributed by atoms with Gasteiger partial charge in [0.05, 0.1) is 22.4 Å². The maximum absolute atomic E-state index is 11.7. The minimum absolute atomic E-state index is 0.185. The maximum atomic E-state index is 11.7. The van der Waals surface area contributed by atoms with Gasteiger partial charge in [-0.25, -0.2) is 8.42 Å². The zero-order chi connectivity index (χ0) is 16.0. The first-order valence-electron chi connectivity index (χ1n) is 5.87. The Morgan fingerprint density at radius 1 is 1.48 bits per heavy atom. The molecule has 1 amide bonds. The third kappa shape index (κ3) is 5.19. The number of benzene rings is 1. The van der Waals surface area contributed by atoms with E-state index in [1.165, 1.54) is 12.1 Å². The third-order valence-corrected chi connectivity index (χ3v) is 4.11. The minimum Gasteiger partial charge on any atom is -0.325 e. The first-order valence-corrected chi connectivity index (χ1v) is 7.69. The zero-order valence-corrected chi connectivity index (χ0v) is 12.0. The van der Waals surface area contributed by atoms with Crippen LogP contribution in [0.25, 0.3) is 0 Å². The van der Waals surface area contributed by atoms with E-state index in [2.05, 4.69) is 5.32 Å². The van der Waals surface area contributed by atoms with Crippen molar-refractivity contribution in [1.29, 1.82) is 5.26 Å². The molecule has 0 radical (unpaired) electrons. The van der Waals surface area contributed by atoms with Crippen molar-refractivity contribution in [2.75, 3.05) is 16.8 Å². The first-order chi connectivity index (χ1) is 9.75. The van der Waals surface area contributed by atoms with Gasteiger partial charge in [-0.05, 0) is 12.5 Å². The smallest absolute Gasteiger partial charge is 0.271 e. The molecule has 0 aliphatic carbocycles. The number of aryl methyl sites for hydroxylation is 1. The second-order valence-corrected chi connectivity index (χ2v) is 6.49. The maximum Gasteiger partial charge on any atom is 0.271 e. The highest BCUT2D eigenvalue weighted by Gasteiger charge is 2.18. The van der Waals surface area contributed by atoms with Gasteiger partial charge in [0.1, 0.15) is 5.75 Å². The van der Waals surface area contributed by atoms with E-state index in [0.717, 1.165) is 6.07 Å². The third-order valence-electron chi connectivity index (χ3n) is 2.58. The number of nitriles is 1. The summed E-state index contributed by atoms with van der Waals surface area (Å²) in [6, 6.07) is 5.59. The Hall–Kier alpha value is -2.47. The van der Waals surface area contributed by atoms with Crippen LogP contribution < -0.4 is 5.32 Å².